The second-order valence-electron chi connectivity index (χ2n) is 6.10. The van der Waals surface area contributed by atoms with Crippen molar-refractivity contribution >= 4 is 27.9 Å². The van der Waals surface area contributed by atoms with Crippen LogP contribution in [0.15, 0.2) is 35.1 Å². The van der Waals surface area contributed by atoms with Gasteiger partial charge in [-0.25, -0.2) is 4.98 Å². The van der Waals surface area contributed by atoms with Crippen molar-refractivity contribution in [1.82, 2.24) is 9.38 Å². The Labute approximate surface area is 150 Å². The molecule has 1 amide bonds. The number of carbonyl (C=O) groups excluding carboxylic acids is 1. The highest BCUT2D eigenvalue weighted by Crippen LogP contribution is 2.23. The standard InChI is InChI=1S/C19H21N3O2S/c1-5-15(14-9-7-6-8-10-14)17(23)21-16-11(2)20-19-22(18(16)24)12(3)13(4)25-19/h6-10,15H,5H2,1-4H3,(H,21,23)/t15-/m0/s1. The minimum absolute atomic E-state index is 0.180. The minimum Gasteiger partial charge on any atom is -0.319 e. The largest absolute Gasteiger partial charge is 0.319 e. The van der Waals surface area contributed by atoms with Crippen LogP contribution in [0.1, 0.15) is 41.1 Å². The van der Waals surface area contributed by atoms with E-state index in [1.807, 2.05) is 51.1 Å². The quantitative estimate of drug-likeness (QED) is 0.774. The molecule has 0 radical (unpaired) electrons. The van der Waals surface area contributed by atoms with Gasteiger partial charge in [-0.05, 0) is 32.8 Å². The van der Waals surface area contributed by atoms with Gasteiger partial charge in [0.2, 0.25) is 5.91 Å². The first-order valence-corrected chi connectivity index (χ1v) is 9.10. The van der Waals surface area contributed by atoms with Crippen LogP contribution < -0.4 is 10.9 Å². The Bertz CT molecular complexity index is 989. The van der Waals surface area contributed by atoms with Gasteiger partial charge in [0.05, 0.1) is 11.6 Å². The number of aromatic nitrogens is 2. The summed E-state index contributed by atoms with van der Waals surface area (Å²) in [6.07, 6.45) is 0.655. The summed E-state index contributed by atoms with van der Waals surface area (Å²) in [5, 5.41) is 2.83. The van der Waals surface area contributed by atoms with Gasteiger partial charge in [0.15, 0.2) is 4.96 Å². The van der Waals surface area contributed by atoms with Gasteiger partial charge in [0.1, 0.15) is 5.69 Å². The Morgan fingerprint density at radius 1 is 1.24 bits per heavy atom. The van der Waals surface area contributed by atoms with Crippen molar-refractivity contribution in [3.05, 3.63) is 62.5 Å². The van der Waals surface area contributed by atoms with Crippen LogP contribution in [-0.2, 0) is 4.79 Å². The molecule has 2 heterocycles. The highest BCUT2D eigenvalue weighted by molar-refractivity contribution is 7.17. The number of carbonyl (C=O) groups is 1. The normalized spacial score (nSPS) is 12.3. The summed E-state index contributed by atoms with van der Waals surface area (Å²) in [5.74, 6) is -0.480. The number of anilines is 1. The fraction of sp³-hybridized carbons (Fsp3) is 0.316. The van der Waals surface area contributed by atoms with Crippen LogP contribution in [0.3, 0.4) is 0 Å². The molecule has 0 spiro atoms. The fourth-order valence-electron chi connectivity index (χ4n) is 2.95. The van der Waals surface area contributed by atoms with Crippen molar-refractivity contribution in [1.29, 1.82) is 0 Å². The van der Waals surface area contributed by atoms with E-state index in [4.69, 9.17) is 0 Å². The van der Waals surface area contributed by atoms with Crippen molar-refractivity contribution < 1.29 is 4.79 Å². The zero-order valence-electron chi connectivity index (χ0n) is 14.8. The Morgan fingerprint density at radius 2 is 1.92 bits per heavy atom. The third-order valence-corrected chi connectivity index (χ3v) is 5.56. The zero-order chi connectivity index (χ0) is 18.1. The number of fused-ring (bicyclic) bond motifs is 1. The van der Waals surface area contributed by atoms with Crippen LogP contribution in [0.25, 0.3) is 4.96 Å². The van der Waals surface area contributed by atoms with Crippen LogP contribution in [0.2, 0.25) is 0 Å². The average molecular weight is 355 g/mol. The summed E-state index contributed by atoms with van der Waals surface area (Å²) >= 11 is 1.48. The Morgan fingerprint density at radius 3 is 2.56 bits per heavy atom. The van der Waals surface area contributed by atoms with E-state index in [-0.39, 0.29) is 23.1 Å². The Kier molecular flexibility index (Phi) is 4.72. The summed E-state index contributed by atoms with van der Waals surface area (Å²) < 4.78 is 1.58. The third-order valence-electron chi connectivity index (χ3n) is 4.50. The second kappa shape index (κ2) is 6.80. The van der Waals surface area contributed by atoms with E-state index < -0.39 is 0 Å². The van der Waals surface area contributed by atoms with E-state index >= 15 is 0 Å². The smallest absolute Gasteiger partial charge is 0.282 e. The second-order valence-corrected chi connectivity index (χ2v) is 7.28. The molecule has 0 unspecified atom stereocenters. The lowest BCUT2D eigenvalue weighted by Crippen LogP contribution is -2.28. The molecule has 0 aliphatic heterocycles. The molecule has 0 fully saturated rings. The van der Waals surface area contributed by atoms with E-state index in [0.29, 0.717) is 17.1 Å². The van der Waals surface area contributed by atoms with Gasteiger partial charge in [-0.2, -0.15) is 0 Å². The van der Waals surface area contributed by atoms with E-state index in [1.54, 1.807) is 11.3 Å². The van der Waals surface area contributed by atoms with Gasteiger partial charge in [-0.15, -0.1) is 11.3 Å². The van der Waals surface area contributed by atoms with Crippen molar-refractivity contribution in [3.63, 3.8) is 0 Å². The van der Waals surface area contributed by atoms with Gasteiger partial charge in [-0.3, -0.25) is 14.0 Å². The van der Waals surface area contributed by atoms with E-state index in [2.05, 4.69) is 10.3 Å². The number of hydrogen-bond acceptors (Lipinski definition) is 4. The van der Waals surface area contributed by atoms with Gasteiger partial charge in [0, 0.05) is 10.6 Å². The van der Waals surface area contributed by atoms with Crippen LogP contribution in [0.4, 0.5) is 5.69 Å². The number of amides is 1. The van der Waals surface area contributed by atoms with Gasteiger partial charge >= 0.3 is 0 Å². The highest BCUT2D eigenvalue weighted by Gasteiger charge is 2.22. The molecule has 0 saturated heterocycles. The molecule has 1 aromatic carbocycles. The lowest BCUT2D eigenvalue weighted by Gasteiger charge is -2.16. The lowest BCUT2D eigenvalue weighted by atomic mass is 9.95. The van der Waals surface area contributed by atoms with E-state index in [0.717, 1.165) is 16.1 Å². The summed E-state index contributed by atoms with van der Waals surface area (Å²) in [5.41, 5.74) is 2.39. The number of aryl methyl sites for hydroxylation is 3. The van der Waals surface area contributed by atoms with Gasteiger partial charge in [-0.1, -0.05) is 37.3 Å². The fourth-order valence-corrected chi connectivity index (χ4v) is 3.95. The molecule has 0 saturated carbocycles. The number of nitrogens with one attached hydrogen (secondary N) is 1. The molecular formula is C19H21N3O2S. The van der Waals surface area contributed by atoms with Crippen LogP contribution in [-0.4, -0.2) is 15.3 Å². The predicted molar refractivity (Wildman–Crippen MR) is 102 cm³/mol. The number of thiazole rings is 1. The first-order chi connectivity index (χ1) is 11.9. The molecule has 1 atom stereocenters. The van der Waals surface area contributed by atoms with Gasteiger partial charge < -0.3 is 5.32 Å². The zero-order valence-corrected chi connectivity index (χ0v) is 15.6. The van der Waals surface area contributed by atoms with Crippen LogP contribution in [0, 0.1) is 20.8 Å². The summed E-state index contributed by atoms with van der Waals surface area (Å²) in [4.78, 5) is 31.9. The molecule has 130 valence electrons. The van der Waals surface area contributed by atoms with Crippen LogP contribution >= 0.6 is 11.3 Å². The van der Waals surface area contributed by atoms with E-state index in [9.17, 15) is 9.59 Å². The summed E-state index contributed by atoms with van der Waals surface area (Å²) in [6, 6.07) is 9.61. The highest BCUT2D eigenvalue weighted by atomic mass is 32.1. The number of benzene rings is 1. The summed E-state index contributed by atoms with van der Waals surface area (Å²) in [7, 11) is 0. The van der Waals surface area contributed by atoms with Crippen molar-refractivity contribution in [2.45, 2.75) is 40.0 Å². The first-order valence-electron chi connectivity index (χ1n) is 8.29. The Balaban J connectivity index is 2.01. The lowest BCUT2D eigenvalue weighted by molar-refractivity contribution is -0.117. The van der Waals surface area contributed by atoms with Crippen molar-refractivity contribution in [2.24, 2.45) is 0 Å². The molecule has 1 N–H and O–H groups in total. The SMILES string of the molecule is CC[C@H](C(=O)Nc1c(C)nc2sc(C)c(C)n2c1=O)c1ccccc1. The maximum absolute atomic E-state index is 12.9. The maximum Gasteiger partial charge on any atom is 0.282 e. The molecule has 25 heavy (non-hydrogen) atoms. The molecule has 0 aliphatic carbocycles. The van der Waals surface area contributed by atoms with Crippen molar-refractivity contribution in [2.75, 3.05) is 5.32 Å². The van der Waals surface area contributed by atoms with Crippen LogP contribution in [0.5, 0.6) is 0 Å². The first kappa shape index (κ1) is 17.4. The monoisotopic (exact) mass is 355 g/mol. The summed E-state index contributed by atoms with van der Waals surface area (Å²) in [6.45, 7) is 7.57. The maximum atomic E-state index is 12.9. The molecule has 2 aromatic heterocycles. The van der Waals surface area contributed by atoms with Gasteiger partial charge in [0.25, 0.3) is 5.56 Å². The van der Waals surface area contributed by atoms with E-state index in [1.165, 1.54) is 11.3 Å². The molecule has 5 nitrogen and oxygen atoms in total. The third kappa shape index (κ3) is 3.09. The minimum atomic E-state index is -0.300. The molecule has 3 rings (SSSR count). The van der Waals surface area contributed by atoms with Crippen molar-refractivity contribution in [3.8, 4) is 0 Å². The average Bonchev–Trinajstić information content (AvgIpc) is 2.87. The number of hydrogen-bond donors (Lipinski definition) is 1. The Hall–Kier alpha value is -2.47. The topological polar surface area (TPSA) is 63.5 Å². The molecule has 0 bridgehead atoms. The molecule has 3 aromatic rings. The molecule has 6 heteroatoms. The number of rotatable bonds is 4. The molecular weight excluding hydrogens is 334 g/mol. The predicted octanol–water partition coefficient (Wildman–Crippen LogP) is 3.81. The molecule has 0 aliphatic rings. The number of nitrogens with zero attached hydrogens (tertiary/aromatic N) is 2.